The van der Waals surface area contributed by atoms with Gasteiger partial charge < -0.3 is 10.6 Å². The van der Waals surface area contributed by atoms with Crippen LogP contribution < -0.4 is 10.6 Å². The molecule has 10 heteroatoms. The summed E-state index contributed by atoms with van der Waals surface area (Å²) in [5.74, 6) is -2.08. The topological polar surface area (TPSA) is 58.2 Å². The van der Waals surface area contributed by atoms with E-state index in [1.807, 2.05) is 0 Å². The lowest BCUT2D eigenvalue weighted by molar-refractivity contribution is -0.117. The van der Waals surface area contributed by atoms with Crippen LogP contribution in [0.15, 0.2) is 30.3 Å². The lowest BCUT2D eigenvalue weighted by Gasteiger charge is -2.11. The molecule has 3 rings (SSSR count). The van der Waals surface area contributed by atoms with E-state index in [1.165, 1.54) is 12.1 Å². The maximum Gasteiger partial charge on any atom is 0.252 e. The average Bonchev–Trinajstić information content (AvgIpc) is 3.19. The summed E-state index contributed by atoms with van der Waals surface area (Å²) >= 11 is 37.0. The Bertz CT molecular complexity index is 975. The highest BCUT2D eigenvalue weighted by atomic mass is 35.5. The Hall–Kier alpha value is -0.880. The van der Waals surface area contributed by atoms with E-state index in [1.54, 1.807) is 25.1 Å². The second-order valence-electron chi connectivity index (χ2n) is 6.50. The highest BCUT2D eigenvalue weighted by molar-refractivity contribution is 6.53. The fourth-order valence-corrected chi connectivity index (χ4v) is 4.91. The summed E-state index contributed by atoms with van der Waals surface area (Å²) in [6, 6.07) is 7.79. The van der Waals surface area contributed by atoms with E-state index in [-0.39, 0.29) is 15.6 Å². The summed E-state index contributed by atoms with van der Waals surface area (Å²) < 4.78 is -1.32. The molecular formula is C19H14Cl6N2O2. The molecule has 1 aliphatic carbocycles. The molecule has 0 bridgehead atoms. The predicted molar refractivity (Wildman–Crippen MR) is 120 cm³/mol. The number of nitrogens with one attached hydrogen (secondary N) is 2. The van der Waals surface area contributed by atoms with Crippen LogP contribution in [-0.2, 0) is 4.79 Å². The Morgan fingerprint density at radius 3 is 2.21 bits per heavy atom. The van der Waals surface area contributed by atoms with Crippen molar-refractivity contribution in [1.82, 2.24) is 5.32 Å². The zero-order valence-electron chi connectivity index (χ0n) is 14.8. The van der Waals surface area contributed by atoms with Crippen LogP contribution in [0.1, 0.15) is 28.8 Å². The van der Waals surface area contributed by atoms with Gasteiger partial charge in [0.05, 0.1) is 21.5 Å². The fraction of sp³-hybridized carbons (Fsp3) is 0.263. The number of hydrogen-bond donors (Lipinski definition) is 2. The van der Waals surface area contributed by atoms with Crippen molar-refractivity contribution in [2.24, 2.45) is 5.92 Å². The minimum atomic E-state index is -1.32. The first-order valence-electron chi connectivity index (χ1n) is 8.48. The van der Waals surface area contributed by atoms with Crippen LogP contribution in [0.2, 0.25) is 20.1 Å². The number of rotatable bonds is 5. The molecule has 1 saturated carbocycles. The average molecular weight is 515 g/mol. The van der Waals surface area contributed by atoms with E-state index < -0.39 is 28.0 Å². The summed E-state index contributed by atoms with van der Waals surface area (Å²) in [6.45, 7) is 2.19. The van der Waals surface area contributed by atoms with Gasteiger partial charge in [-0.25, -0.2) is 0 Å². The summed E-state index contributed by atoms with van der Waals surface area (Å²) in [4.78, 5) is 25.0. The number of hydrogen-bond acceptors (Lipinski definition) is 2. The van der Waals surface area contributed by atoms with E-state index in [2.05, 4.69) is 10.6 Å². The van der Waals surface area contributed by atoms with Crippen molar-refractivity contribution in [3.05, 3.63) is 61.5 Å². The standard InChI is InChI=1S/C19H14Cl6N2O2/c1-2-26-17(28)12-6-11(7-13(22)16(12)23)27-18(29)15-14(19(15,24)25)8-3-9(20)5-10(21)4-8/h3-7,14-15H,2H2,1H3,(H,26,28)(H,27,29)/t14-,15+/m1/s1. The van der Waals surface area contributed by atoms with E-state index in [0.29, 0.717) is 27.8 Å². The van der Waals surface area contributed by atoms with E-state index in [0.717, 1.165) is 0 Å². The third-order valence-corrected chi connectivity index (χ3v) is 6.64. The highest BCUT2D eigenvalue weighted by Gasteiger charge is 2.67. The molecule has 29 heavy (non-hydrogen) atoms. The van der Waals surface area contributed by atoms with Gasteiger partial charge in [0.15, 0.2) is 0 Å². The number of benzene rings is 2. The van der Waals surface area contributed by atoms with Crippen LogP contribution in [0.3, 0.4) is 0 Å². The van der Waals surface area contributed by atoms with Crippen molar-refractivity contribution in [3.63, 3.8) is 0 Å². The largest absolute Gasteiger partial charge is 0.352 e. The molecular weight excluding hydrogens is 501 g/mol. The lowest BCUT2D eigenvalue weighted by Crippen LogP contribution is -2.23. The highest BCUT2D eigenvalue weighted by Crippen LogP contribution is 2.65. The van der Waals surface area contributed by atoms with Gasteiger partial charge in [-0.3, -0.25) is 9.59 Å². The van der Waals surface area contributed by atoms with Crippen LogP contribution in [-0.4, -0.2) is 22.7 Å². The zero-order chi connectivity index (χ0) is 21.5. The number of alkyl halides is 2. The minimum Gasteiger partial charge on any atom is -0.352 e. The fourth-order valence-electron chi connectivity index (χ4n) is 3.12. The molecule has 0 aliphatic heterocycles. The maximum absolute atomic E-state index is 12.8. The van der Waals surface area contributed by atoms with E-state index >= 15 is 0 Å². The van der Waals surface area contributed by atoms with Gasteiger partial charge in [-0.2, -0.15) is 0 Å². The van der Waals surface area contributed by atoms with Gasteiger partial charge in [0.25, 0.3) is 5.91 Å². The molecule has 0 radical (unpaired) electrons. The Balaban J connectivity index is 1.84. The van der Waals surface area contributed by atoms with Crippen molar-refractivity contribution < 1.29 is 9.59 Å². The smallest absolute Gasteiger partial charge is 0.252 e. The quantitative estimate of drug-likeness (QED) is 0.443. The number of anilines is 1. The van der Waals surface area contributed by atoms with Crippen LogP contribution in [0.5, 0.6) is 0 Å². The van der Waals surface area contributed by atoms with E-state index in [4.69, 9.17) is 69.6 Å². The summed E-state index contributed by atoms with van der Waals surface area (Å²) in [7, 11) is 0. The second kappa shape index (κ2) is 8.70. The maximum atomic E-state index is 12.8. The molecule has 0 aromatic heterocycles. The first-order chi connectivity index (χ1) is 13.6. The Kier molecular flexibility index (Phi) is 6.84. The number of amides is 2. The molecule has 0 spiro atoms. The molecule has 2 aromatic carbocycles. The Morgan fingerprint density at radius 2 is 1.62 bits per heavy atom. The molecule has 154 valence electrons. The number of carbonyl (C=O) groups is 2. The molecule has 2 amide bonds. The van der Waals surface area contributed by atoms with Crippen LogP contribution >= 0.6 is 69.6 Å². The van der Waals surface area contributed by atoms with Crippen molar-refractivity contribution in [1.29, 1.82) is 0 Å². The monoisotopic (exact) mass is 512 g/mol. The molecule has 2 atom stereocenters. The first-order valence-corrected chi connectivity index (χ1v) is 10.7. The first kappa shape index (κ1) is 22.8. The van der Waals surface area contributed by atoms with Gasteiger partial charge in [-0.15, -0.1) is 23.2 Å². The van der Waals surface area contributed by atoms with Gasteiger partial charge in [0.1, 0.15) is 4.33 Å². The molecule has 2 aromatic rings. The SMILES string of the molecule is CCNC(=O)c1cc(NC(=O)[C@@H]2[C@@H](c3cc(Cl)cc(Cl)c3)C2(Cl)Cl)cc(Cl)c1Cl. The summed E-state index contributed by atoms with van der Waals surface area (Å²) in [6.07, 6.45) is 0. The lowest BCUT2D eigenvalue weighted by atomic mass is 10.1. The van der Waals surface area contributed by atoms with Crippen LogP contribution in [0, 0.1) is 5.92 Å². The zero-order valence-corrected chi connectivity index (χ0v) is 19.4. The van der Waals surface area contributed by atoms with Crippen molar-refractivity contribution >= 4 is 87.1 Å². The summed E-state index contributed by atoms with van der Waals surface area (Å²) in [5.41, 5.74) is 1.10. The summed E-state index contributed by atoms with van der Waals surface area (Å²) in [5, 5.41) is 6.39. The van der Waals surface area contributed by atoms with Gasteiger partial charge >= 0.3 is 0 Å². The van der Waals surface area contributed by atoms with Gasteiger partial charge in [-0.1, -0.05) is 46.4 Å². The second-order valence-corrected chi connectivity index (χ2v) is 9.60. The molecule has 1 fully saturated rings. The molecule has 0 unspecified atom stereocenters. The van der Waals surface area contributed by atoms with Gasteiger partial charge in [0.2, 0.25) is 5.91 Å². The normalized spacial score (nSPS) is 19.6. The third-order valence-electron chi connectivity index (χ3n) is 4.46. The number of halogens is 6. The van der Waals surface area contributed by atoms with E-state index in [9.17, 15) is 9.59 Å². The molecule has 2 N–H and O–H groups in total. The van der Waals surface area contributed by atoms with Crippen molar-refractivity contribution in [2.75, 3.05) is 11.9 Å². The molecule has 0 heterocycles. The third kappa shape index (κ3) is 4.73. The van der Waals surface area contributed by atoms with Gasteiger partial charge in [0, 0.05) is 28.2 Å². The minimum absolute atomic E-state index is 0.0949. The van der Waals surface area contributed by atoms with Crippen molar-refractivity contribution in [2.45, 2.75) is 17.2 Å². The Labute approximate surface area is 197 Å². The Morgan fingerprint density at radius 1 is 1.00 bits per heavy atom. The molecule has 1 aliphatic rings. The molecule has 4 nitrogen and oxygen atoms in total. The molecule has 0 saturated heterocycles. The predicted octanol–water partition coefficient (Wildman–Crippen LogP) is 6.58. The van der Waals surface area contributed by atoms with Crippen LogP contribution in [0.4, 0.5) is 5.69 Å². The van der Waals surface area contributed by atoms with Gasteiger partial charge in [-0.05, 0) is 42.8 Å². The number of carbonyl (C=O) groups excluding carboxylic acids is 2. The van der Waals surface area contributed by atoms with Crippen molar-refractivity contribution in [3.8, 4) is 0 Å². The van der Waals surface area contributed by atoms with Crippen LogP contribution in [0.25, 0.3) is 0 Å².